The summed E-state index contributed by atoms with van der Waals surface area (Å²) in [5.74, 6) is 0. The molecule has 0 spiro atoms. The number of carbonyl (C=O) groups is 1. The Balaban J connectivity index is 1.96. The number of amides is 2. The largest absolute Gasteiger partial charge is 0.333 e. The molecule has 2 N–H and O–H groups in total. The number of nitrogens with one attached hydrogen (secondary N) is 2. The summed E-state index contributed by atoms with van der Waals surface area (Å²) in [7, 11) is 0. The van der Waals surface area contributed by atoms with Crippen LogP contribution in [0.2, 0.25) is 5.02 Å². The third-order valence-corrected chi connectivity index (χ3v) is 3.34. The van der Waals surface area contributed by atoms with Gasteiger partial charge in [-0.1, -0.05) is 18.0 Å². The van der Waals surface area contributed by atoms with Crippen molar-refractivity contribution >= 4 is 29.0 Å². The maximum Gasteiger partial charge on any atom is 0.333 e. The van der Waals surface area contributed by atoms with Gasteiger partial charge in [0.2, 0.25) is 0 Å². The number of urea groups is 1. The summed E-state index contributed by atoms with van der Waals surface area (Å²) in [6.45, 7) is 1.63. The molecule has 2 rings (SSSR count). The highest BCUT2D eigenvalue weighted by Crippen LogP contribution is 2.27. The van der Waals surface area contributed by atoms with Gasteiger partial charge < -0.3 is 5.32 Å². The minimum Gasteiger partial charge on any atom is -0.307 e. The molecule has 0 unspecified atom stereocenters. The fourth-order valence-electron chi connectivity index (χ4n) is 2.04. The summed E-state index contributed by atoms with van der Waals surface area (Å²) in [5.41, 5.74) is 2.81. The zero-order valence-electron chi connectivity index (χ0n) is 10.8. The number of nitro benzene ring substituents is 1. The van der Waals surface area contributed by atoms with Gasteiger partial charge in [-0.3, -0.25) is 15.5 Å². The summed E-state index contributed by atoms with van der Waals surface area (Å²) in [5, 5.41) is 15.2. The second-order valence-corrected chi connectivity index (χ2v) is 4.94. The van der Waals surface area contributed by atoms with Gasteiger partial charge in [0, 0.05) is 24.8 Å². The van der Waals surface area contributed by atoms with Crippen molar-refractivity contribution in [3.05, 3.63) is 33.3 Å². The number of benzene rings is 1. The molecule has 0 bridgehead atoms. The van der Waals surface area contributed by atoms with E-state index in [1.54, 1.807) is 0 Å². The molecule has 1 fully saturated rings. The highest BCUT2D eigenvalue weighted by atomic mass is 35.5. The van der Waals surface area contributed by atoms with Crippen molar-refractivity contribution in [3.8, 4) is 0 Å². The van der Waals surface area contributed by atoms with Crippen LogP contribution < -0.4 is 10.7 Å². The minimum absolute atomic E-state index is 0.0389. The summed E-state index contributed by atoms with van der Waals surface area (Å²) < 4.78 is 0. The van der Waals surface area contributed by atoms with Gasteiger partial charge in [0.05, 0.1) is 4.92 Å². The lowest BCUT2D eigenvalue weighted by Crippen LogP contribution is -2.46. The first kappa shape index (κ1) is 14.5. The number of piperidine rings is 1. The van der Waals surface area contributed by atoms with Gasteiger partial charge in [0.1, 0.15) is 5.02 Å². The number of nitro groups is 1. The van der Waals surface area contributed by atoms with Crippen LogP contribution in [-0.2, 0) is 0 Å². The maximum atomic E-state index is 11.8. The fraction of sp³-hybridized carbons (Fsp3) is 0.417. The quantitative estimate of drug-likeness (QED) is 0.663. The molecular formula is C12H15ClN4O3. The highest BCUT2D eigenvalue weighted by molar-refractivity contribution is 6.32. The third-order valence-electron chi connectivity index (χ3n) is 3.02. The SMILES string of the molecule is O=C(Nc1ccc(Cl)c([N+](=O)[O-])c1)NN1CCCCC1. The lowest BCUT2D eigenvalue weighted by Gasteiger charge is -2.26. The number of carbonyl (C=O) groups excluding carboxylic acids is 1. The zero-order chi connectivity index (χ0) is 14.5. The van der Waals surface area contributed by atoms with E-state index in [0.717, 1.165) is 25.9 Å². The van der Waals surface area contributed by atoms with Crippen LogP contribution in [0.3, 0.4) is 0 Å². The molecule has 2 amide bonds. The molecule has 0 saturated carbocycles. The van der Waals surface area contributed by atoms with Crippen molar-refractivity contribution in [1.82, 2.24) is 10.4 Å². The second-order valence-electron chi connectivity index (χ2n) is 4.54. The normalized spacial score (nSPS) is 15.7. The third kappa shape index (κ3) is 3.82. The van der Waals surface area contributed by atoms with Crippen molar-refractivity contribution in [2.75, 3.05) is 18.4 Å². The average molecular weight is 299 g/mol. The van der Waals surface area contributed by atoms with E-state index in [1.807, 2.05) is 5.01 Å². The fourth-order valence-corrected chi connectivity index (χ4v) is 2.23. The number of hydrogen-bond donors (Lipinski definition) is 2. The Bertz CT molecular complexity index is 517. The lowest BCUT2D eigenvalue weighted by atomic mass is 10.2. The molecule has 0 aromatic heterocycles. The number of rotatable bonds is 3. The molecule has 1 aliphatic heterocycles. The van der Waals surface area contributed by atoms with E-state index in [9.17, 15) is 14.9 Å². The summed E-state index contributed by atoms with van der Waals surface area (Å²) >= 11 is 5.71. The van der Waals surface area contributed by atoms with E-state index in [1.165, 1.54) is 24.6 Å². The molecule has 8 heteroatoms. The zero-order valence-corrected chi connectivity index (χ0v) is 11.5. The lowest BCUT2D eigenvalue weighted by molar-refractivity contribution is -0.384. The molecule has 7 nitrogen and oxygen atoms in total. The molecule has 1 aromatic carbocycles. The van der Waals surface area contributed by atoms with Crippen LogP contribution in [-0.4, -0.2) is 29.1 Å². The standard InChI is InChI=1S/C12H15ClN4O3/c13-10-5-4-9(8-11(10)17(19)20)14-12(18)15-16-6-2-1-3-7-16/h4-5,8H,1-3,6-7H2,(H2,14,15,18). The first-order chi connectivity index (χ1) is 9.56. The summed E-state index contributed by atoms with van der Waals surface area (Å²) in [6.07, 6.45) is 3.27. The van der Waals surface area contributed by atoms with Crippen molar-refractivity contribution in [2.24, 2.45) is 0 Å². The Morgan fingerprint density at radius 2 is 2.00 bits per heavy atom. The first-order valence-corrected chi connectivity index (χ1v) is 6.70. The van der Waals surface area contributed by atoms with Crippen LogP contribution in [0.1, 0.15) is 19.3 Å². The van der Waals surface area contributed by atoms with Crippen molar-refractivity contribution < 1.29 is 9.72 Å². The summed E-state index contributed by atoms with van der Waals surface area (Å²) in [6, 6.07) is 3.72. The Kier molecular flexibility index (Phi) is 4.75. The Morgan fingerprint density at radius 1 is 1.30 bits per heavy atom. The topological polar surface area (TPSA) is 87.5 Å². The van der Waals surface area contributed by atoms with E-state index < -0.39 is 11.0 Å². The van der Waals surface area contributed by atoms with E-state index >= 15 is 0 Å². The highest BCUT2D eigenvalue weighted by Gasteiger charge is 2.15. The number of anilines is 1. The minimum atomic E-state index is -0.587. The van der Waals surface area contributed by atoms with E-state index in [2.05, 4.69) is 10.7 Å². The van der Waals surface area contributed by atoms with Gasteiger partial charge in [-0.25, -0.2) is 9.80 Å². The predicted octanol–water partition coefficient (Wildman–Crippen LogP) is 2.77. The number of hydrazine groups is 1. The number of nitrogens with zero attached hydrogens (tertiary/aromatic N) is 2. The van der Waals surface area contributed by atoms with Crippen LogP contribution in [0.5, 0.6) is 0 Å². The average Bonchev–Trinajstić information content (AvgIpc) is 2.41. The van der Waals surface area contributed by atoms with E-state index in [0.29, 0.717) is 5.69 Å². The molecule has 20 heavy (non-hydrogen) atoms. The van der Waals surface area contributed by atoms with Gasteiger partial charge in [-0.2, -0.15) is 0 Å². The Morgan fingerprint density at radius 3 is 2.65 bits per heavy atom. The molecule has 0 radical (unpaired) electrons. The predicted molar refractivity (Wildman–Crippen MR) is 75.7 cm³/mol. The van der Waals surface area contributed by atoms with Gasteiger partial charge in [-0.15, -0.1) is 0 Å². The van der Waals surface area contributed by atoms with E-state index in [-0.39, 0.29) is 10.7 Å². The maximum absolute atomic E-state index is 11.8. The molecule has 108 valence electrons. The van der Waals surface area contributed by atoms with E-state index in [4.69, 9.17) is 11.6 Å². The molecule has 1 aromatic rings. The molecule has 0 aliphatic carbocycles. The molecule has 1 heterocycles. The number of hydrogen-bond acceptors (Lipinski definition) is 4. The smallest absolute Gasteiger partial charge is 0.307 e. The molecule has 1 aliphatic rings. The molecule has 0 atom stereocenters. The molecular weight excluding hydrogens is 284 g/mol. The van der Waals surface area contributed by atoms with Crippen LogP contribution in [0.15, 0.2) is 18.2 Å². The van der Waals surface area contributed by atoms with Gasteiger partial charge >= 0.3 is 6.03 Å². The molecule has 1 saturated heterocycles. The van der Waals surface area contributed by atoms with Crippen LogP contribution >= 0.6 is 11.6 Å². The monoisotopic (exact) mass is 298 g/mol. The van der Waals surface area contributed by atoms with Crippen LogP contribution in [0.4, 0.5) is 16.2 Å². The second kappa shape index (κ2) is 6.53. The summed E-state index contributed by atoms with van der Waals surface area (Å²) in [4.78, 5) is 22.0. The van der Waals surface area contributed by atoms with Crippen molar-refractivity contribution in [2.45, 2.75) is 19.3 Å². The van der Waals surface area contributed by atoms with Gasteiger partial charge in [0.25, 0.3) is 5.69 Å². The number of halogens is 1. The van der Waals surface area contributed by atoms with Crippen molar-refractivity contribution in [1.29, 1.82) is 0 Å². The Labute approximate surface area is 121 Å². The van der Waals surface area contributed by atoms with Gasteiger partial charge in [0.15, 0.2) is 0 Å². The van der Waals surface area contributed by atoms with Crippen molar-refractivity contribution in [3.63, 3.8) is 0 Å². The van der Waals surface area contributed by atoms with Crippen LogP contribution in [0.25, 0.3) is 0 Å². The first-order valence-electron chi connectivity index (χ1n) is 6.33. The van der Waals surface area contributed by atoms with Gasteiger partial charge in [-0.05, 0) is 25.0 Å². The Hall–Kier alpha value is -1.86. The van der Waals surface area contributed by atoms with Crippen LogP contribution in [0, 0.1) is 10.1 Å².